The summed E-state index contributed by atoms with van der Waals surface area (Å²) in [5.74, 6) is -1.42. The Kier molecular flexibility index (Phi) is 4.48. The van der Waals surface area contributed by atoms with Crippen LogP contribution in [0.2, 0.25) is 0 Å². The number of ether oxygens (including phenoxy) is 1. The molecule has 2 aliphatic rings. The second-order valence-corrected chi connectivity index (χ2v) is 8.67. The molecule has 5 heterocycles. The van der Waals surface area contributed by atoms with Crippen molar-refractivity contribution in [2.45, 2.75) is 38.1 Å². The number of nitrogen functional groups attached to an aromatic ring is 1. The molecular weight excluding hydrogens is 468 g/mol. The van der Waals surface area contributed by atoms with Crippen molar-refractivity contribution >= 4 is 28.3 Å². The summed E-state index contributed by atoms with van der Waals surface area (Å²) < 4.78 is 61.7. The zero-order chi connectivity index (χ0) is 24.6. The van der Waals surface area contributed by atoms with E-state index in [0.717, 1.165) is 0 Å². The van der Waals surface area contributed by atoms with E-state index < -0.39 is 41.4 Å². The number of pyridine rings is 1. The number of hydrogen-bond donors (Lipinski definition) is 1. The Balaban J connectivity index is 1.43. The lowest BCUT2D eigenvalue weighted by Gasteiger charge is -2.36. The van der Waals surface area contributed by atoms with Crippen LogP contribution < -0.4 is 10.5 Å². The van der Waals surface area contributed by atoms with Crippen LogP contribution in [0.25, 0.3) is 16.6 Å². The molecular formula is C23H18F4N6O2. The first kappa shape index (κ1) is 21.6. The topological polar surface area (TPSA) is 98.6 Å². The number of fused-ring (bicyclic) bond motifs is 6. The van der Waals surface area contributed by atoms with E-state index in [4.69, 9.17) is 10.5 Å². The summed E-state index contributed by atoms with van der Waals surface area (Å²) in [6.45, 7) is 2.12. The Morgan fingerprint density at radius 2 is 2.00 bits per heavy atom. The Morgan fingerprint density at radius 3 is 2.77 bits per heavy atom. The van der Waals surface area contributed by atoms with Crippen LogP contribution in [0.5, 0.6) is 5.75 Å². The highest BCUT2D eigenvalue weighted by Crippen LogP contribution is 2.48. The highest BCUT2D eigenvalue weighted by Gasteiger charge is 2.47. The van der Waals surface area contributed by atoms with Crippen LogP contribution in [0.1, 0.15) is 46.3 Å². The number of nitrogens with two attached hydrogens (primary N) is 1. The molecule has 2 aliphatic heterocycles. The highest BCUT2D eigenvalue weighted by atomic mass is 19.4. The Bertz CT molecular complexity index is 1530. The maximum Gasteiger partial charge on any atom is 0.419 e. The molecule has 8 nitrogen and oxygen atoms in total. The molecule has 1 amide bonds. The van der Waals surface area contributed by atoms with E-state index in [-0.39, 0.29) is 17.1 Å². The third kappa shape index (κ3) is 3.12. The fourth-order valence-corrected chi connectivity index (χ4v) is 5.06. The van der Waals surface area contributed by atoms with E-state index in [9.17, 15) is 22.4 Å². The van der Waals surface area contributed by atoms with Crippen molar-refractivity contribution in [2.24, 2.45) is 0 Å². The van der Waals surface area contributed by atoms with E-state index >= 15 is 0 Å². The number of hydrogen-bond acceptors (Lipinski definition) is 6. The lowest BCUT2D eigenvalue weighted by Crippen LogP contribution is -2.44. The second-order valence-electron chi connectivity index (χ2n) is 8.67. The fourth-order valence-electron chi connectivity index (χ4n) is 5.06. The predicted molar refractivity (Wildman–Crippen MR) is 116 cm³/mol. The zero-order valence-electron chi connectivity index (χ0n) is 18.3. The molecule has 1 aromatic carbocycles. The molecule has 180 valence electrons. The number of halogens is 4. The minimum absolute atomic E-state index is 0.111. The molecule has 0 saturated carbocycles. The normalized spacial score (nSPS) is 19.6. The van der Waals surface area contributed by atoms with Gasteiger partial charge in [0, 0.05) is 12.1 Å². The third-order valence-corrected chi connectivity index (χ3v) is 6.62. The number of piperidine rings is 1. The smallest absolute Gasteiger partial charge is 0.419 e. The molecule has 6 rings (SSSR count). The number of aromatic nitrogens is 4. The average Bonchev–Trinajstić information content (AvgIpc) is 3.40. The first-order chi connectivity index (χ1) is 16.6. The van der Waals surface area contributed by atoms with Gasteiger partial charge in [-0.2, -0.15) is 13.2 Å². The standard InChI is InChI=1S/C23H18F4N6O2/c1-10-29-9-16-21(28)31-14-8-30-13(7-15(14)33(10)16)22(34)32-6-2-3-17-19(32)11-4-5-12(23(25,26)27)18(24)20(11)35-17/h4-5,7-9,17,19H,2-3,6H2,1H3,(H2,28,31)/t17-,19-/m0/s1. The molecule has 0 unspecified atom stereocenters. The molecule has 12 heteroatoms. The van der Waals surface area contributed by atoms with Gasteiger partial charge in [-0.25, -0.2) is 19.3 Å². The Hall–Kier alpha value is -3.96. The van der Waals surface area contributed by atoms with Crippen LogP contribution >= 0.6 is 0 Å². The van der Waals surface area contributed by atoms with Gasteiger partial charge in [0.15, 0.2) is 11.6 Å². The van der Waals surface area contributed by atoms with Gasteiger partial charge in [-0.05, 0) is 31.9 Å². The molecule has 4 aromatic rings. The van der Waals surface area contributed by atoms with Gasteiger partial charge in [0.05, 0.1) is 29.5 Å². The number of alkyl halides is 3. The van der Waals surface area contributed by atoms with Gasteiger partial charge in [0.2, 0.25) is 0 Å². The number of benzene rings is 1. The summed E-state index contributed by atoms with van der Waals surface area (Å²) in [4.78, 5) is 28.0. The van der Waals surface area contributed by atoms with Gasteiger partial charge in [0.1, 0.15) is 34.5 Å². The Labute approximate surface area is 195 Å². The number of rotatable bonds is 1. The first-order valence-corrected chi connectivity index (χ1v) is 10.9. The van der Waals surface area contributed by atoms with Crippen molar-refractivity contribution in [2.75, 3.05) is 12.3 Å². The summed E-state index contributed by atoms with van der Waals surface area (Å²) in [6, 6.07) is 2.75. The van der Waals surface area contributed by atoms with Gasteiger partial charge >= 0.3 is 6.18 Å². The lowest BCUT2D eigenvalue weighted by atomic mass is 9.93. The number of likely N-dealkylation sites (tertiary alicyclic amines) is 1. The molecule has 0 radical (unpaired) electrons. The molecule has 0 aliphatic carbocycles. The maximum atomic E-state index is 14.7. The first-order valence-electron chi connectivity index (χ1n) is 10.9. The van der Waals surface area contributed by atoms with Gasteiger partial charge in [-0.3, -0.25) is 9.20 Å². The monoisotopic (exact) mass is 486 g/mol. The van der Waals surface area contributed by atoms with Crippen molar-refractivity contribution in [1.29, 1.82) is 0 Å². The van der Waals surface area contributed by atoms with Gasteiger partial charge < -0.3 is 15.4 Å². The molecule has 2 atom stereocenters. The number of amides is 1. The number of aryl methyl sites for hydroxylation is 1. The minimum atomic E-state index is -4.85. The summed E-state index contributed by atoms with van der Waals surface area (Å²) in [5.41, 5.74) is 6.60. The molecule has 35 heavy (non-hydrogen) atoms. The van der Waals surface area contributed by atoms with Gasteiger partial charge in [-0.15, -0.1) is 0 Å². The fraction of sp³-hybridized carbons (Fsp3) is 0.304. The SMILES string of the molecule is Cc1ncc2c(N)nc3cnc(C(=O)N4CCC[C@@H]5Oc6c(ccc(C(F)(F)F)c6F)[C@@H]54)cc3n12. The molecule has 0 spiro atoms. The van der Waals surface area contributed by atoms with Crippen LogP contribution in [-0.2, 0) is 6.18 Å². The number of carbonyl (C=O) groups is 1. The summed E-state index contributed by atoms with van der Waals surface area (Å²) in [6.07, 6.45) is -1.45. The number of carbonyl (C=O) groups excluding carboxylic acids is 1. The van der Waals surface area contributed by atoms with E-state index in [1.165, 1.54) is 17.2 Å². The van der Waals surface area contributed by atoms with Gasteiger partial charge in [0.25, 0.3) is 5.91 Å². The second kappa shape index (κ2) is 7.27. The number of anilines is 1. The van der Waals surface area contributed by atoms with E-state index in [1.807, 2.05) is 0 Å². The van der Waals surface area contributed by atoms with Crippen LogP contribution in [-0.4, -0.2) is 42.8 Å². The molecule has 2 N–H and O–H groups in total. The van der Waals surface area contributed by atoms with E-state index in [0.29, 0.717) is 47.8 Å². The van der Waals surface area contributed by atoms with E-state index in [2.05, 4.69) is 15.0 Å². The summed E-state index contributed by atoms with van der Waals surface area (Å²) in [7, 11) is 0. The molecule has 0 bridgehead atoms. The maximum absolute atomic E-state index is 14.7. The van der Waals surface area contributed by atoms with Crippen LogP contribution in [0.4, 0.5) is 23.4 Å². The van der Waals surface area contributed by atoms with Crippen LogP contribution in [0.3, 0.4) is 0 Å². The lowest BCUT2D eigenvalue weighted by molar-refractivity contribution is -0.140. The average molecular weight is 486 g/mol. The van der Waals surface area contributed by atoms with Crippen molar-refractivity contribution < 1.29 is 27.1 Å². The Morgan fingerprint density at radius 1 is 1.20 bits per heavy atom. The van der Waals surface area contributed by atoms with Crippen LogP contribution in [0.15, 0.2) is 30.6 Å². The van der Waals surface area contributed by atoms with Crippen molar-refractivity contribution in [3.8, 4) is 5.75 Å². The molecule has 3 aromatic heterocycles. The number of nitrogens with zero attached hydrogens (tertiary/aromatic N) is 5. The third-order valence-electron chi connectivity index (χ3n) is 6.62. The van der Waals surface area contributed by atoms with Crippen molar-refractivity contribution in [3.05, 3.63) is 59.1 Å². The van der Waals surface area contributed by atoms with Crippen LogP contribution in [0, 0.1) is 12.7 Å². The number of imidazole rings is 1. The van der Waals surface area contributed by atoms with Crippen molar-refractivity contribution in [1.82, 2.24) is 24.3 Å². The quantitative estimate of drug-likeness (QED) is 0.408. The highest BCUT2D eigenvalue weighted by molar-refractivity contribution is 5.96. The molecule has 1 fully saturated rings. The summed E-state index contributed by atoms with van der Waals surface area (Å²) >= 11 is 0. The van der Waals surface area contributed by atoms with Gasteiger partial charge in [-0.1, -0.05) is 6.07 Å². The largest absolute Gasteiger partial charge is 0.484 e. The zero-order valence-corrected chi connectivity index (χ0v) is 18.3. The summed E-state index contributed by atoms with van der Waals surface area (Å²) in [5, 5.41) is 0. The predicted octanol–water partition coefficient (Wildman–Crippen LogP) is 4.06. The van der Waals surface area contributed by atoms with Crippen molar-refractivity contribution in [3.63, 3.8) is 0 Å². The molecule has 1 saturated heterocycles. The van der Waals surface area contributed by atoms with E-state index in [1.54, 1.807) is 23.6 Å². The minimum Gasteiger partial charge on any atom is -0.484 e.